The molecule has 162 valence electrons. The molecule has 2 heterocycles. The predicted molar refractivity (Wildman–Crippen MR) is 109 cm³/mol. The van der Waals surface area contributed by atoms with E-state index in [9.17, 15) is 13.2 Å². The lowest BCUT2D eigenvalue weighted by atomic mass is 10.1. The van der Waals surface area contributed by atoms with Gasteiger partial charge in [0.2, 0.25) is 17.5 Å². The van der Waals surface area contributed by atoms with Crippen LogP contribution in [0.25, 0.3) is 5.69 Å². The molecule has 3 aromatic rings. The Labute approximate surface area is 178 Å². The van der Waals surface area contributed by atoms with Gasteiger partial charge in [0, 0.05) is 6.54 Å². The number of para-hydroxylation sites is 1. The van der Waals surface area contributed by atoms with Crippen molar-refractivity contribution in [3.63, 3.8) is 0 Å². The number of nitrogens with one attached hydrogen (secondary N) is 2. The van der Waals surface area contributed by atoms with E-state index in [2.05, 4.69) is 20.1 Å². The quantitative estimate of drug-likeness (QED) is 0.581. The number of methoxy groups -OCH3 is 3. The average Bonchev–Trinajstić information content (AvgIpc) is 3.20. The molecule has 0 atom stereocenters. The lowest BCUT2D eigenvalue weighted by Gasteiger charge is -2.17. The van der Waals surface area contributed by atoms with Crippen LogP contribution in [-0.4, -0.2) is 50.4 Å². The summed E-state index contributed by atoms with van der Waals surface area (Å²) in [6, 6.07) is 9.73. The second-order valence-electron chi connectivity index (χ2n) is 6.46. The minimum atomic E-state index is -3.79. The number of carbonyl (C=O) groups excluding carboxylic acids is 1. The SMILES string of the molecule is COc1cc(CNC(=O)c2nc3n(n2)-c2ccccc2S(=O)(=O)N3)cc(OC)c1OC. The minimum Gasteiger partial charge on any atom is -0.493 e. The summed E-state index contributed by atoms with van der Waals surface area (Å²) in [7, 11) is 0.707. The topological polar surface area (TPSA) is 134 Å². The Balaban J connectivity index is 1.58. The molecule has 12 heteroatoms. The minimum absolute atomic E-state index is 0.0526. The van der Waals surface area contributed by atoms with Crippen LogP contribution in [0.4, 0.5) is 5.95 Å². The van der Waals surface area contributed by atoms with Crippen LogP contribution in [0.15, 0.2) is 41.3 Å². The normalized spacial score (nSPS) is 13.4. The van der Waals surface area contributed by atoms with Gasteiger partial charge in [0.25, 0.3) is 15.9 Å². The zero-order valence-corrected chi connectivity index (χ0v) is 17.7. The van der Waals surface area contributed by atoms with Crippen molar-refractivity contribution in [2.45, 2.75) is 11.4 Å². The first kappa shape index (κ1) is 20.5. The van der Waals surface area contributed by atoms with Gasteiger partial charge in [0.05, 0.1) is 27.0 Å². The van der Waals surface area contributed by atoms with Crippen molar-refractivity contribution in [1.82, 2.24) is 20.1 Å². The van der Waals surface area contributed by atoms with Gasteiger partial charge in [0.15, 0.2) is 11.5 Å². The van der Waals surface area contributed by atoms with Gasteiger partial charge in [-0.3, -0.25) is 4.79 Å². The van der Waals surface area contributed by atoms with Gasteiger partial charge in [-0.15, -0.1) is 5.10 Å². The third-order valence-corrected chi connectivity index (χ3v) is 5.97. The Hall–Kier alpha value is -3.80. The first-order valence-electron chi connectivity index (χ1n) is 9.04. The van der Waals surface area contributed by atoms with E-state index in [1.165, 1.54) is 32.1 Å². The number of fused-ring (bicyclic) bond motifs is 3. The van der Waals surface area contributed by atoms with Gasteiger partial charge >= 0.3 is 0 Å². The molecular formula is C19H19N5O6S. The van der Waals surface area contributed by atoms with E-state index in [0.29, 0.717) is 28.5 Å². The van der Waals surface area contributed by atoms with E-state index in [1.54, 1.807) is 30.3 Å². The fraction of sp³-hybridized carbons (Fsp3) is 0.211. The van der Waals surface area contributed by atoms with E-state index >= 15 is 0 Å². The molecule has 0 spiro atoms. The first-order valence-corrected chi connectivity index (χ1v) is 10.5. The molecule has 0 unspecified atom stereocenters. The highest BCUT2D eigenvalue weighted by Gasteiger charge is 2.30. The standard InChI is InChI=1S/C19H19N5O6S/c1-28-13-8-11(9-14(29-2)16(13)30-3)10-20-18(25)17-21-19-23-31(26,27)15-7-5-4-6-12(15)24(19)22-17/h4-9H,10H2,1-3H3,(H,20,25)(H,21,22,23). The van der Waals surface area contributed by atoms with Crippen LogP contribution in [0.3, 0.4) is 0 Å². The maximum Gasteiger partial charge on any atom is 0.291 e. The van der Waals surface area contributed by atoms with E-state index in [4.69, 9.17) is 14.2 Å². The Morgan fingerprint density at radius 3 is 2.42 bits per heavy atom. The molecule has 31 heavy (non-hydrogen) atoms. The summed E-state index contributed by atoms with van der Waals surface area (Å²) >= 11 is 0. The molecule has 11 nitrogen and oxygen atoms in total. The maximum absolute atomic E-state index is 12.6. The van der Waals surface area contributed by atoms with Crippen molar-refractivity contribution in [3.05, 3.63) is 47.8 Å². The highest BCUT2D eigenvalue weighted by atomic mass is 32.2. The van der Waals surface area contributed by atoms with Crippen molar-refractivity contribution in [2.75, 3.05) is 26.1 Å². The van der Waals surface area contributed by atoms with Gasteiger partial charge in [-0.2, -0.15) is 9.67 Å². The fourth-order valence-corrected chi connectivity index (χ4v) is 4.35. The van der Waals surface area contributed by atoms with Crippen LogP contribution >= 0.6 is 0 Å². The van der Waals surface area contributed by atoms with E-state index in [-0.39, 0.29) is 23.2 Å². The number of hydrogen-bond acceptors (Lipinski definition) is 8. The molecule has 1 aromatic heterocycles. The predicted octanol–water partition coefficient (Wildman–Crippen LogP) is 1.34. The highest BCUT2D eigenvalue weighted by Crippen LogP contribution is 2.38. The van der Waals surface area contributed by atoms with Crippen LogP contribution in [0.5, 0.6) is 17.2 Å². The van der Waals surface area contributed by atoms with Crippen LogP contribution in [0.1, 0.15) is 16.2 Å². The molecule has 0 fully saturated rings. The molecule has 2 aromatic carbocycles. The number of amides is 1. The van der Waals surface area contributed by atoms with Gasteiger partial charge < -0.3 is 19.5 Å². The summed E-state index contributed by atoms with van der Waals surface area (Å²) in [5, 5.41) is 6.86. The molecule has 0 bridgehead atoms. The number of anilines is 1. The van der Waals surface area contributed by atoms with Crippen LogP contribution < -0.4 is 24.2 Å². The molecule has 1 amide bonds. The number of rotatable bonds is 6. The maximum atomic E-state index is 12.6. The number of sulfonamides is 1. The molecule has 4 rings (SSSR count). The lowest BCUT2D eigenvalue weighted by Crippen LogP contribution is -2.24. The van der Waals surface area contributed by atoms with Gasteiger partial charge in [0.1, 0.15) is 4.90 Å². The fourth-order valence-electron chi connectivity index (χ4n) is 3.18. The van der Waals surface area contributed by atoms with Gasteiger partial charge in [-0.1, -0.05) is 12.1 Å². The zero-order valence-electron chi connectivity index (χ0n) is 16.9. The Kier molecular flexibility index (Phi) is 5.15. The highest BCUT2D eigenvalue weighted by molar-refractivity contribution is 7.92. The number of aromatic nitrogens is 3. The number of benzene rings is 2. The van der Waals surface area contributed by atoms with Crippen LogP contribution in [-0.2, 0) is 16.6 Å². The first-order chi connectivity index (χ1) is 14.9. The third-order valence-electron chi connectivity index (χ3n) is 4.60. The number of carbonyl (C=O) groups is 1. The summed E-state index contributed by atoms with van der Waals surface area (Å²) in [5.41, 5.74) is 1.00. The molecule has 2 N–H and O–H groups in total. The summed E-state index contributed by atoms with van der Waals surface area (Å²) in [5.74, 6) is 0.528. The van der Waals surface area contributed by atoms with E-state index in [1.807, 2.05) is 0 Å². The number of nitrogens with zero attached hydrogens (tertiary/aromatic N) is 3. The van der Waals surface area contributed by atoms with Crippen molar-refractivity contribution >= 4 is 21.9 Å². The van der Waals surface area contributed by atoms with Gasteiger partial charge in [-0.05, 0) is 29.8 Å². The van der Waals surface area contributed by atoms with Gasteiger partial charge in [-0.25, -0.2) is 13.1 Å². The van der Waals surface area contributed by atoms with Crippen molar-refractivity contribution in [3.8, 4) is 22.9 Å². The molecule has 1 aliphatic heterocycles. The van der Waals surface area contributed by atoms with E-state index in [0.717, 1.165) is 0 Å². The van der Waals surface area contributed by atoms with Crippen molar-refractivity contribution in [2.24, 2.45) is 0 Å². The summed E-state index contributed by atoms with van der Waals surface area (Å²) < 4.78 is 44.2. The molecule has 1 aliphatic rings. The largest absolute Gasteiger partial charge is 0.493 e. The molecule has 0 saturated carbocycles. The monoisotopic (exact) mass is 445 g/mol. The zero-order chi connectivity index (χ0) is 22.2. The lowest BCUT2D eigenvalue weighted by molar-refractivity contribution is 0.0940. The second-order valence-corrected chi connectivity index (χ2v) is 8.11. The second kappa shape index (κ2) is 7.80. The summed E-state index contributed by atoms with van der Waals surface area (Å²) in [6.45, 7) is 0.127. The summed E-state index contributed by atoms with van der Waals surface area (Å²) in [6.07, 6.45) is 0. The average molecular weight is 445 g/mol. The third kappa shape index (κ3) is 3.61. The molecular weight excluding hydrogens is 426 g/mol. The molecule has 0 radical (unpaired) electrons. The Bertz CT molecular complexity index is 1250. The van der Waals surface area contributed by atoms with Crippen LogP contribution in [0.2, 0.25) is 0 Å². The summed E-state index contributed by atoms with van der Waals surface area (Å²) in [4.78, 5) is 16.7. The number of hydrogen-bond donors (Lipinski definition) is 2. The molecule has 0 aliphatic carbocycles. The van der Waals surface area contributed by atoms with Crippen molar-refractivity contribution in [1.29, 1.82) is 0 Å². The van der Waals surface area contributed by atoms with E-state index < -0.39 is 15.9 Å². The van der Waals surface area contributed by atoms with Crippen LogP contribution in [0, 0.1) is 0 Å². The Morgan fingerprint density at radius 2 is 1.77 bits per heavy atom. The number of ether oxygens (including phenoxy) is 3. The Morgan fingerprint density at radius 1 is 1.10 bits per heavy atom. The molecule has 0 saturated heterocycles. The smallest absolute Gasteiger partial charge is 0.291 e. The van der Waals surface area contributed by atoms with Crippen molar-refractivity contribution < 1.29 is 27.4 Å².